The number of nitrogens with zero attached hydrogens (tertiary/aromatic N) is 2. The van der Waals surface area contributed by atoms with E-state index in [9.17, 15) is 4.79 Å². The summed E-state index contributed by atoms with van der Waals surface area (Å²) >= 11 is 0. The molecule has 2 heterocycles. The molecule has 1 aliphatic rings. The van der Waals surface area contributed by atoms with E-state index in [4.69, 9.17) is 0 Å². The molecule has 0 saturated carbocycles. The van der Waals surface area contributed by atoms with Crippen molar-refractivity contribution in [3.05, 3.63) is 27.4 Å². The van der Waals surface area contributed by atoms with E-state index in [0.29, 0.717) is 17.4 Å². The van der Waals surface area contributed by atoms with Crippen LogP contribution in [0, 0.1) is 12.8 Å². The molecule has 1 aromatic rings. The van der Waals surface area contributed by atoms with Crippen LogP contribution in [0.5, 0.6) is 0 Å². The van der Waals surface area contributed by atoms with Crippen molar-refractivity contribution in [1.82, 2.24) is 15.3 Å². The van der Waals surface area contributed by atoms with Gasteiger partial charge in [-0.1, -0.05) is 6.92 Å². The summed E-state index contributed by atoms with van der Waals surface area (Å²) in [5.41, 5.74) is 1.19. The first-order chi connectivity index (χ1) is 8.13. The van der Waals surface area contributed by atoms with Gasteiger partial charge in [-0.3, -0.25) is 9.79 Å². The third kappa shape index (κ3) is 2.29. The molecular formula is C12H18N4O. The molecule has 17 heavy (non-hydrogen) atoms. The number of aromatic amines is 1. The minimum atomic E-state index is -0.0998. The smallest absolute Gasteiger partial charge is 0.259 e. The molecule has 1 saturated heterocycles. The molecular weight excluding hydrogens is 216 g/mol. The van der Waals surface area contributed by atoms with Gasteiger partial charge in [0.05, 0.1) is 11.3 Å². The van der Waals surface area contributed by atoms with Gasteiger partial charge in [0, 0.05) is 25.7 Å². The third-order valence-corrected chi connectivity index (χ3v) is 3.29. The van der Waals surface area contributed by atoms with Crippen molar-refractivity contribution in [2.45, 2.75) is 19.8 Å². The van der Waals surface area contributed by atoms with Crippen LogP contribution in [0.3, 0.4) is 0 Å². The highest BCUT2D eigenvalue weighted by Crippen LogP contribution is 2.24. The standard InChI is InChI=1S/C12H18N4O/c1-7-4-14-6-9(7)11-15-8(2)10(5-13-3)12(17)16-11/h5,7,9,14H,4,6H2,1-3H3,(H,15,16,17)/t7?,9-/m1/s1. The van der Waals surface area contributed by atoms with E-state index < -0.39 is 0 Å². The summed E-state index contributed by atoms with van der Waals surface area (Å²) in [6.07, 6.45) is 1.56. The topological polar surface area (TPSA) is 70.1 Å². The maximum absolute atomic E-state index is 11.9. The summed E-state index contributed by atoms with van der Waals surface area (Å²) in [5.74, 6) is 1.59. The summed E-state index contributed by atoms with van der Waals surface area (Å²) in [4.78, 5) is 23.2. The van der Waals surface area contributed by atoms with E-state index >= 15 is 0 Å². The fourth-order valence-electron chi connectivity index (χ4n) is 2.25. The van der Waals surface area contributed by atoms with Gasteiger partial charge < -0.3 is 10.3 Å². The average molecular weight is 234 g/mol. The van der Waals surface area contributed by atoms with E-state index in [1.807, 2.05) is 6.92 Å². The fraction of sp³-hybridized carbons (Fsp3) is 0.583. The number of nitrogens with one attached hydrogen (secondary N) is 2. The van der Waals surface area contributed by atoms with Gasteiger partial charge in [0.1, 0.15) is 5.82 Å². The van der Waals surface area contributed by atoms with Gasteiger partial charge in [0.2, 0.25) is 0 Å². The number of hydrogen-bond acceptors (Lipinski definition) is 4. The van der Waals surface area contributed by atoms with Gasteiger partial charge in [0.15, 0.2) is 0 Å². The largest absolute Gasteiger partial charge is 0.316 e. The maximum atomic E-state index is 11.9. The molecule has 1 unspecified atom stereocenters. The van der Waals surface area contributed by atoms with Crippen molar-refractivity contribution in [3.8, 4) is 0 Å². The van der Waals surface area contributed by atoms with Crippen LogP contribution in [0.1, 0.15) is 29.9 Å². The minimum absolute atomic E-state index is 0.0998. The Morgan fingerprint density at radius 3 is 2.76 bits per heavy atom. The van der Waals surface area contributed by atoms with Crippen LogP contribution in [-0.2, 0) is 0 Å². The number of rotatable bonds is 2. The molecule has 5 heteroatoms. The number of aliphatic imine (C=N–C) groups is 1. The molecule has 0 aliphatic carbocycles. The molecule has 0 aromatic carbocycles. The molecule has 0 spiro atoms. The zero-order valence-corrected chi connectivity index (χ0v) is 10.4. The van der Waals surface area contributed by atoms with Crippen molar-refractivity contribution in [3.63, 3.8) is 0 Å². The van der Waals surface area contributed by atoms with Gasteiger partial charge in [-0.2, -0.15) is 0 Å². The lowest BCUT2D eigenvalue weighted by Gasteiger charge is -2.14. The summed E-state index contributed by atoms with van der Waals surface area (Å²) in [6, 6.07) is 0. The van der Waals surface area contributed by atoms with E-state index in [-0.39, 0.29) is 5.56 Å². The van der Waals surface area contributed by atoms with Crippen LogP contribution >= 0.6 is 0 Å². The van der Waals surface area contributed by atoms with Crippen molar-refractivity contribution < 1.29 is 0 Å². The number of H-pyrrole nitrogens is 1. The van der Waals surface area contributed by atoms with Crippen molar-refractivity contribution in [2.75, 3.05) is 20.1 Å². The number of aryl methyl sites for hydroxylation is 1. The normalized spacial score (nSPS) is 24.6. The summed E-state index contributed by atoms with van der Waals surface area (Å²) < 4.78 is 0. The van der Waals surface area contributed by atoms with E-state index in [2.05, 4.69) is 27.2 Å². The lowest BCUT2D eigenvalue weighted by molar-refractivity contribution is 0.542. The quantitative estimate of drug-likeness (QED) is 0.730. The molecule has 92 valence electrons. The van der Waals surface area contributed by atoms with Gasteiger partial charge in [-0.05, 0) is 19.4 Å². The van der Waals surface area contributed by atoms with Crippen LogP contribution in [0.15, 0.2) is 9.79 Å². The number of hydrogen-bond donors (Lipinski definition) is 2. The summed E-state index contributed by atoms with van der Waals surface area (Å²) in [7, 11) is 1.65. The molecule has 0 bridgehead atoms. The van der Waals surface area contributed by atoms with Crippen LogP contribution < -0.4 is 10.9 Å². The molecule has 2 N–H and O–H groups in total. The second-order valence-corrected chi connectivity index (χ2v) is 4.58. The first kappa shape index (κ1) is 12.0. The Bertz CT molecular complexity index is 492. The predicted molar refractivity (Wildman–Crippen MR) is 67.9 cm³/mol. The molecule has 2 atom stereocenters. The van der Waals surface area contributed by atoms with Crippen LogP contribution in [0.4, 0.5) is 0 Å². The Morgan fingerprint density at radius 2 is 2.24 bits per heavy atom. The highest BCUT2D eigenvalue weighted by molar-refractivity contribution is 5.80. The average Bonchev–Trinajstić information content (AvgIpc) is 2.69. The fourth-order valence-corrected chi connectivity index (χ4v) is 2.25. The Labute approximate surface area is 100 Å². The summed E-state index contributed by atoms with van der Waals surface area (Å²) in [6.45, 7) is 5.88. The van der Waals surface area contributed by atoms with Gasteiger partial charge in [-0.15, -0.1) is 0 Å². The molecule has 1 fully saturated rings. The lowest BCUT2D eigenvalue weighted by atomic mass is 9.97. The first-order valence-corrected chi connectivity index (χ1v) is 5.87. The molecule has 5 nitrogen and oxygen atoms in total. The highest BCUT2D eigenvalue weighted by Gasteiger charge is 2.27. The second kappa shape index (κ2) is 4.79. The zero-order valence-electron chi connectivity index (χ0n) is 10.4. The lowest BCUT2D eigenvalue weighted by Crippen LogP contribution is -2.22. The molecule has 1 aromatic heterocycles. The maximum Gasteiger partial charge on any atom is 0.259 e. The van der Waals surface area contributed by atoms with Gasteiger partial charge in [-0.25, -0.2) is 4.98 Å². The first-order valence-electron chi connectivity index (χ1n) is 5.87. The van der Waals surface area contributed by atoms with Gasteiger partial charge in [0.25, 0.3) is 5.56 Å². The van der Waals surface area contributed by atoms with E-state index in [1.54, 1.807) is 13.3 Å². The Balaban J connectivity index is 2.41. The monoisotopic (exact) mass is 234 g/mol. The predicted octanol–water partition coefficient (Wildman–Crippen LogP) is 0.450. The molecule has 2 rings (SSSR count). The van der Waals surface area contributed by atoms with Crippen LogP contribution in [0.25, 0.3) is 0 Å². The SMILES string of the molecule is CN=Cc1c(C)nc([C@@H]2CNCC2C)[nH]c1=O. The van der Waals surface area contributed by atoms with Crippen molar-refractivity contribution in [2.24, 2.45) is 10.9 Å². The molecule has 0 amide bonds. The van der Waals surface area contributed by atoms with Crippen LogP contribution in [-0.4, -0.2) is 36.3 Å². The van der Waals surface area contributed by atoms with E-state index in [0.717, 1.165) is 24.6 Å². The Kier molecular flexibility index (Phi) is 3.38. The van der Waals surface area contributed by atoms with Gasteiger partial charge >= 0.3 is 0 Å². The minimum Gasteiger partial charge on any atom is -0.316 e. The summed E-state index contributed by atoms with van der Waals surface area (Å²) in [5, 5.41) is 3.31. The number of aromatic nitrogens is 2. The Hall–Kier alpha value is -1.49. The highest BCUT2D eigenvalue weighted by atomic mass is 16.1. The van der Waals surface area contributed by atoms with Crippen molar-refractivity contribution in [1.29, 1.82) is 0 Å². The zero-order chi connectivity index (χ0) is 12.4. The Morgan fingerprint density at radius 1 is 1.47 bits per heavy atom. The molecule has 0 radical (unpaired) electrons. The van der Waals surface area contributed by atoms with Crippen LogP contribution in [0.2, 0.25) is 0 Å². The van der Waals surface area contributed by atoms with E-state index in [1.165, 1.54) is 0 Å². The second-order valence-electron chi connectivity index (χ2n) is 4.58. The third-order valence-electron chi connectivity index (χ3n) is 3.29. The molecule has 1 aliphatic heterocycles. The van der Waals surface area contributed by atoms with Crippen molar-refractivity contribution >= 4 is 6.21 Å².